The number of para-hydroxylation sites is 1. The Kier molecular flexibility index (Phi) is 3.34. The summed E-state index contributed by atoms with van der Waals surface area (Å²) in [5.74, 6) is -0.0934. The summed E-state index contributed by atoms with van der Waals surface area (Å²) in [5, 5.41) is 5.18. The summed E-state index contributed by atoms with van der Waals surface area (Å²) in [6.07, 6.45) is 0. The molecule has 1 atom stereocenters. The van der Waals surface area contributed by atoms with Gasteiger partial charge in [-0.05, 0) is 13.0 Å². The Balaban J connectivity index is 2.39. The van der Waals surface area contributed by atoms with Gasteiger partial charge >= 0.3 is 0 Å². The maximum absolute atomic E-state index is 12.3. The molecule has 0 aliphatic heterocycles. The zero-order chi connectivity index (χ0) is 13.3. The molecule has 2 N–H and O–H groups in total. The van der Waals surface area contributed by atoms with Crippen LogP contribution in [-0.4, -0.2) is 40.2 Å². The molecule has 5 heteroatoms. The summed E-state index contributed by atoms with van der Waals surface area (Å²) in [6.45, 7) is 2.39. The number of rotatable bonds is 3. The molecule has 0 spiro atoms. The van der Waals surface area contributed by atoms with Gasteiger partial charge in [-0.3, -0.25) is 9.48 Å². The molecule has 2 aromatic rings. The summed E-state index contributed by atoms with van der Waals surface area (Å²) < 4.78 is 1.72. The van der Waals surface area contributed by atoms with Gasteiger partial charge in [0.2, 0.25) is 0 Å². The number of nitrogens with zero attached hydrogens (tertiary/aromatic N) is 3. The Labute approximate surface area is 106 Å². The van der Waals surface area contributed by atoms with Crippen LogP contribution >= 0.6 is 0 Å². The smallest absolute Gasteiger partial charge is 0.274 e. The van der Waals surface area contributed by atoms with E-state index in [4.69, 9.17) is 5.73 Å². The predicted molar refractivity (Wildman–Crippen MR) is 71.3 cm³/mol. The van der Waals surface area contributed by atoms with Crippen molar-refractivity contribution in [2.24, 2.45) is 12.8 Å². The van der Waals surface area contributed by atoms with Gasteiger partial charge in [0.25, 0.3) is 5.91 Å². The molecular formula is C13H18N4O. The fourth-order valence-corrected chi connectivity index (χ4v) is 2.07. The summed E-state index contributed by atoms with van der Waals surface area (Å²) in [4.78, 5) is 13.9. The zero-order valence-corrected chi connectivity index (χ0v) is 10.9. The lowest BCUT2D eigenvalue weighted by molar-refractivity contribution is 0.0784. The van der Waals surface area contributed by atoms with Crippen molar-refractivity contribution < 1.29 is 4.79 Å². The van der Waals surface area contributed by atoms with Crippen molar-refractivity contribution in [2.75, 3.05) is 13.6 Å². The quantitative estimate of drug-likeness (QED) is 0.878. The third-order valence-corrected chi connectivity index (χ3v) is 2.87. The summed E-state index contributed by atoms with van der Waals surface area (Å²) in [7, 11) is 3.58. The van der Waals surface area contributed by atoms with Crippen LogP contribution in [0, 0.1) is 0 Å². The van der Waals surface area contributed by atoms with Crippen molar-refractivity contribution >= 4 is 16.8 Å². The highest BCUT2D eigenvalue weighted by molar-refractivity contribution is 6.04. The number of carbonyl (C=O) groups is 1. The zero-order valence-electron chi connectivity index (χ0n) is 10.9. The third kappa shape index (κ3) is 2.22. The second-order valence-corrected chi connectivity index (χ2v) is 4.65. The van der Waals surface area contributed by atoms with Crippen LogP contribution in [-0.2, 0) is 7.05 Å². The highest BCUT2D eigenvalue weighted by Crippen LogP contribution is 2.18. The minimum absolute atomic E-state index is 0.0473. The lowest BCUT2D eigenvalue weighted by Crippen LogP contribution is -2.37. The molecule has 1 heterocycles. The van der Waals surface area contributed by atoms with E-state index in [2.05, 4.69) is 5.10 Å². The molecule has 0 aliphatic carbocycles. The Hall–Kier alpha value is -1.88. The van der Waals surface area contributed by atoms with Gasteiger partial charge in [-0.2, -0.15) is 5.10 Å². The second kappa shape index (κ2) is 4.78. The van der Waals surface area contributed by atoms with Crippen molar-refractivity contribution in [3.63, 3.8) is 0 Å². The largest absolute Gasteiger partial charge is 0.339 e. The normalized spacial score (nSPS) is 12.7. The maximum Gasteiger partial charge on any atom is 0.274 e. The van der Waals surface area contributed by atoms with Gasteiger partial charge in [-0.1, -0.05) is 18.2 Å². The van der Waals surface area contributed by atoms with Crippen LogP contribution in [0.15, 0.2) is 24.3 Å². The summed E-state index contributed by atoms with van der Waals surface area (Å²) >= 11 is 0. The average Bonchev–Trinajstić information content (AvgIpc) is 2.66. The Bertz CT molecular complexity index is 573. The highest BCUT2D eigenvalue weighted by Gasteiger charge is 2.19. The lowest BCUT2D eigenvalue weighted by Gasteiger charge is -2.18. The number of aryl methyl sites for hydroxylation is 1. The summed E-state index contributed by atoms with van der Waals surface area (Å²) in [5.41, 5.74) is 7.14. The van der Waals surface area contributed by atoms with E-state index in [0.29, 0.717) is 12.2 Å². The second-order valence-electron chi connectivity index (χ2n) is 4.65. The van der Waals surface area contributed by atoms with E-state index in [1.165, 1.54) is 0 Å². The van der Waals surface area contributed by atoms with E-state index in [1.54, 1.807) is 16.6 Å². The molecular weight excluding hydrogens is 228 g/mol. The molecule has 0 bridgehead atoms. The number of aromatic nitrogens is 2. The standard InChI is InChI=1S/C13H18N4O/c1-9(14)8-16(2)13(18)12-10-6-4-5-7-11(10)17(3)15-12/h4-7,9H,8,14H2,1-3H3. The molecule has 1 unspecified atom stereocenters. The minimum Gasteiger partial charge on any atom is -0.339 e. The molecule has 0 fully saturated rings. The molecule has 1 aromatic heterocycles. The van der Waals surface area contributed by atoms with Gasteiger partial charge in [-0.15, -0.1) is 0 Å². The van der Waals surface area contributed by atoms with Crippen LogP contribution < -0.4 is 5.73 Å². The number of hydrogen-bond acceptors (Lipinski definition) is 3. The fourth-order valence-electron chi connectivity index (χ4n) is 2.07. The average molecular weight is 246 g/mol. The number of fused-ring (bicyclic) bond motifs is 1. The van der Waals surface area contributed by atoms with Crippen LogP contribution in [0.3, 0.4) is 0 Å². The van der Waals surface area contributed by atoms with Crippen molar-refractivity contribution in [1.82, 2.24) is 14.7 Å². The number of hydrogen-bond donors (Lipinski definition) is 1. The van der Waals surface area contributed by atoms with Crippen LogP contribution in [0.1, 0.15) is 17.4 Å². The SMILES string of the molecule is CC(N)CN(C)C(=O)c1nn(C)c2ccccc12. The van der Waals surface area contributed by atoms with Gasteiger partial charge in [-0.25, -0.2) is 0 Å². The molecule has 96 valence electrons. The van der Waals surface area contributed by atoms with Crippen molar-refractivity contribution in [3.8, 4) is 0 Å². The van der Waals surface area contributed by atoms with Crippen LogP contribution in [0.4, 0.5) is 0 Å². The molecule has 0 radical (unpaired) electrons. The van der Waals surface area contributed by atoms with E-state index in [1.807, 2.05) is 38.2 Å². The first-order valence-corrected chi connectivity index (χ1v) is 5.93. The Morgan fingerprint density at radius 1 is 1.50 bits per heavy atom. The minimum atomic E-state index is -0.0934. The van der Waals surface area contributed by atoms with Crippen molar-refractivity contribution in [3.05, 3.63) is 30.0 Å². The number of likely N-dealkylation sites (N-methyl/N-ethyl adjacent to an activating group) is 1. The van der Waals surface area contributed by atoms with Gasteiger partial charge in [0, 0.05) is 32.1 Å². The first-order valence-electron chi connectivity index (χ1n) is 5.93. The van der Waals surface area contributed by atoms with Crippen molar-refractivity contribution in [1.29, 1.82) is 0 Å². The Morgan fingerprint density at radius 3 is 2.83 bits per heavy atom. The Morgan fingerprint density at radius 2 is 2.17 bits per heavy atom. The maximum atomic E-state index is 12.3. The molecule has 18 heavy (non-hydrogen) atoms. The molecule has 5 nitrogen and oxygen atoms in total. The predicted octanol–water partition coefficient (Wildman–Crippen LogP) is 0.993. The fraction of sp³-hybridized carbons (Fsp3) is 0.385. The van der Waals surface area contributed by atoms with Crippen molar-refractivity contribution in [2.45, 2.75) is 13.0 Å². The third-order valence-electron chi connectivity index (χ3n) is 2.87. The highest BCUT2D eigenvalue weighted by atomic mass is 16.2. The molecule has 0 aliphatic rings. The number of carbonyl (C=O) groups excluding carboxylic acids is 1. The van der Waals surface area contributed by atoms with Gasteiger partial charge in [0.1, 0.15) is 0 Å². The van der Waals surface area contributed by atoms with E-state index >= 15 is 0 Å². The van der Waals surface area contributed by atoms with Crippen LogP contribution in [0.25, 0.3) is 10.9 Å². The lowest BCUT2D eigenvalue weighted by atomic mass is 10.2. The number of amides is 1. The van der Waals surface area contributed by atoms with E-state index < -0.39 is 0 Å². The number of benzene rings is 1. The first kappa shape index (κ1) is 12.6. The summed E-state index contributed by atoms with van der Waals surface area (Å²) in [6, 6.07) is 7.66. The van der Waals surface area contributed by atoms with Gasteiger partial charge < -0.3 is 10.6 Å². The van der Waals surface area contributed by atoms with Crippen LogP contribution in [0.5, 0.6) is 0 Å². The topological polar surface area (TPSA) is 64.2 Å². The van der Waals surface area contributed by atoms with E-state index in [-0.39, 0.29) is 11.9 Å². The number of nitrogens with two attached hydrogens (primary N) is 1. The monoisotopic (exact) mass is 246 g/mol. The van der Waals surface area contributed by atoms with Gasteiger partial charge in [0.05, 0.1) is 5.52 Å². The van der Waals surface area contributed by atoms with E-state index in [0.717, 1.165) is 10.9 Å². The van der Waals surface area contributed by atoms with Crippen LogP contribution in [0.2, 0.25) is 0 Å². The van der Waals surface area contributed by atoms with E-state index in [9.17, 15) is 4.79 Å². The molecule has 0 saturated heterocycles. The van der Waals surface area contributed by atoms with Gasteiger partial charge in [0.15, 0.2) is 5.69 Å². The molecule has 2 rings (SSSR count). The molecule has 1 amide bonds. The first-order chi connectivity index (χ1) is 8.50. The molecule has 1 aromatic carbocycles. The molecule has 0 saturated carbocycles.